The van der Waals surface area contributed by atoms with E-state index in [9.17, 15) is 14.6 Å². The maximum Gasteiger partial charge on any atom is 0.145 e. The van der Waals surface area contributed by atoms with Crippen LogP contribution in [0.15, 0.2) is 18.2 Å². The minimum Gasteiger partial charge on any atom is -0.492 e. The fourth-order valence-electron chi connectivity index (χ4n) is 2.27. The third kappa shape index (κ3) is 3.79. The van der Waals surface area contributed by atoms with Crippen LogP contribution in [0.4, 0.5) is 4.39 Å². The van der Waals surface area contributed by atoms with Gasteiger partial charge in [-0.3, -0.25) is 4.90 Å². The first-order valence-electron chi connectivity index (χ1n) is 6.21. The van der Waals surface area contributed by atoms with Gasteiger partial charge in [0.25, 0.3) is 0 Å². The van der Waals surface area contributed by atoms with Gasteiger partial charge in [-0.25, -0.2) is 4.39 Å². The number of benzene rings is 1. The van der Waals surface area contributed by atoms with Crippen LogP contribution >= 0.6 is 11.6 Å². The summed E-state index contributed by atoms with van der Waals surface area (Å²) in [4.78, 5) is 1.97. The molecule has 0 radical (unpaired) electrons. The maximum atomic E-state index is 13.2. The molecule has 106 valence electrons. The highest BCUT2D eigenvalue weighted by atomic mass is 35.5. The molecule has 6 heteroatoms. The van der Waals surface area contributed by atoms with E-state index in [0.717, 1.165) is 0 Å². The lowest BCUT2D eigenvalue weighted by Crippen LogP contribution is -2.35. The summed E-state index contributed by atoms with van der Waals surface area (Å²) < 4.78 is 18.6. The van der Waals surface area contributed by atoms with Crippen LogP contribution in [0.2, 0.25) is 5.02 Å². The number of halogens is 2. The van der Waals surface area contributed by atoms with Crippen LogP contribution in [0, 0.1) is 5.82 Å². The molecule has 1 aromatic carbocycles. The van der Waals surface area contributed by atoms with Crippen molar-refractivity contribution in [2.75, 3.05) is 26.3 Å². The molecule has 2 atom stereocenters. The van der Waals surface area contributed by atoms with Gasteiger partial charge in [0.15, 0.2) is 0 Å². The van der Waals surface area contributed by atoms with Gasteiger partial charge in [0.1, 0.15) is 18.2 Å². The highest BCUT2D eigenvalue weighted by Gasteiger charge is 2.29. The first-order valence-corrected chi connectivity index (χ1v) is 6.58. The first-order chi connectivity index (χ1) is 9.10. The van der Waals surface area contributed by atoms with Crippen molar-refractivity contribution in [2.45, 2.75) is 18.6 Å². The lowest BCUT2D eigenvalue weighted by Gasteiger charge is -2.22. The van der Waals surface area contributed by atoms with Crippen LogP contribution < -0.4 is 4.74 Å². The molecular weight excluding hydrogens is 273 g/mol. The van der Waals surface area contributed by atoms with Gasteiger partial charge >= 0.3 is 0 Å². The Hall–Kier alpha value is -0.880. The summed E-state index contributed by atoms with van der Waals surface area (Å²) in [7, 11) is 0. The molecule has 2 N–H and O–H groups in total. The van der Waals surface area contributed by atoms with E-state index in [-0.39, 0.29) is 17.7 Å². The van der Waals surface area contributed by atoms with Crippen molar-refractivity contribution >= 4 is 11.6 Å². The average Bonchev–Trinajstić information content (AvgIpc) is 2.74. The molecule has 1 aromatic rings. The Bertz CT molecular complexity index is 432. The van der Waals surface area contributed by atoms with Crippen molar-refractivity contribution in [3.63, 3.8) is 0 Å². The molecule has 0 spiro atoms. The van der Waals surface area contributed by atoms with E-state index in [0.29, 0.717) is 31.9 Å². The molecule has 0 aromatic heterocycles. The third-order valence-electron chi connectivity index (χ3n) is 3.25. The number of hydrogen-bond donors (Lipinski definition) is 2. The van der Waals surface area contributed by atoms with Gasteiger partial charge in [-0.05, 0) is 18.6 Å². The largest absolute Gasteiger partial charge is 0.492 e. The second-order valence-corrected chi connectivity index (χ2v) is 5.05. The Morgan fingerprint density at radius 2 is 2.26 bits per heavy atom. The Morgan fingerprint density at radius 3 is 2.95 bits per heavy atom. The van der Waals surface area contributed by atoms with Crippen molar-refractivity contribution in [2.24, 2.45) is 0 Å². The molecule has 1 heterocycles. The Morgan fingerprint density at radius 1 is 1.47 bits per heavy atom. The van der Waals surface area contributed by atoms with E-state index in [4.69, 9.17) is 16.3 Å². The van der Waals surface area contributed by atoms with Gasteiger partial charge in [-0.2, -0.15) is 0 Å². The minimum atomic E-state index is -0.510. The molecule has 1 saturated heterocycles. The number of hydrogen-bond acceptors (Lipinski definition) is 4. The number of ether oxygens (including phenoxy) is 1. The Kier molecular flexibility index (Phi) is 4.99. The van der Waals surface area contributed by atoms with Crippen molar-refractivity contribution in [3.05, 3.63) is 29.0 Å². The fraction of sp³-hybridized carbons (Fsp3) is 0.538. The van der Waals surface area contributed by atoms with Crippen molar-refractivity contribution in [3.8, 4) is 5.75 Å². The van der Waals surface area contributed by atoms with E-state index in [1.54, 1.807) is 6.07 Å². The van der Waals surface area contributed by atoms with Gasteiger partial charge in [-0.15, -0.1) is 0 Å². The van der Waals surface area contributed by atoms with Gasteiger partial charge in [0, 0.05) is 25.2 Å². The summed E-state index contributed by atoms with van der Waals surface area (Å²) in [5.74, 6) is -0.0915. The highest BCUT2D eigenvalue weighted by Crippen LogP contribution is 2.21. The maximum absolute atomic E-state index is 13.2. The van der Waals surface area contributed by atoms with Crippen LogP contribution in [0.5, 0.6) is 5.75 Å². The quantitative estimate of drug-likeness (QED) is 0.858. The normalized spacial score (nSPS) is 23.8. The predicted molar refractivity (Wildman–Crippen MR) is 70.0 cm³/mol. The average molecular weight is 290 g/mol. The molecular formula is C13H17ClFNO3. The molecule has 4 nitrogen and oxygen atoms in total. The zero-order valence-corrected chi connectivity index (χ0v) is 11.2. The SMILES string of the molecule is OC[C@@H]1C[C@@H](O)CN1CCOc1ccc(Cl)c(F)c1. The molecule has 2 rings (SSSR count). The zero-order valence-electron chi connectivity index (χ0n) is 10.4. The molecule has 1 fully saturated rings. The van der Waals surface area contributed by atoms with Crippen LogP contribution in [-0.2, 0) is 0 Å². The molecule has 0 saturated carbocycles. The summed E-state index contributed by atoms with van der Waals surface area (Å²) in [6.07, 6.45) is 0.177. The van der Waals surface area contributed by atoms with Gasteiger partial charge in [0.05, 0.1) is 17.7 Å². The standard InChI is InChI=1S/C13H17ClFNO3/c14-12-2-1-11(6-13(12)15)19-4-3-16-7-10(18)5-9(16)8-17/h1-2,6,9-10,17-18H,3-5,7-8H2/t9-,10+/m0/s1. The zero-order chi connectivity index (χ0) is 13.8. The fourth-order valence-corrected chi connectivity index (χ4v) is 2.39. The summed E-state index contributed by atoms with van der Waals surface area (Å²) >= 11 is 5.58. The second kappa shape index (κ2) is 6.52. The van der Waals surface area contributed by atoms with E-state index in [1.165, 1.54) is 12.1 Å². The summed E-state index contributed by atoms with van der Waals surface area (Å²) in [6, 6.07) is 4.27. The number of likely N-dealkylation sites (tertiary alicyclic amines) is 1. The number of nitrogens with zero attached hydrogens (tertiary/aromatic N) is 1. The lowest BCUT2D eigenvalue weighted by atomic mass is 10.2. The predicted octanol–water partition coefficient (Wildman–Crippen LogP) is 1.29. The molecule has 19 heavy (non-hydrogen) atoms. The molecule has 0 bridgehead atoms. The van der Waals surface area contributed by atoms with Crippen LogP contribution in [-0.4, -0.2) is 53.6 Å². The summed E-state index contributed by atoms with van der Waals surface area (Å²) in [6.45, 7) is 1.49. The van der Waals surface area contributed by atoms with Crippen molar-refractivity contribution in [1.29, 1.82) is 0 Å². The monoisotopic (exact) mass is 289 g/mol. The Labute approximate surface area is 116 Å². The van der Waals surface area contributed by atoms with E-state index in [1.807, 2.05) is 4.90 Å². The van der Waals surface area contributed by atoms with E-state index in [2.05, 4.69) is 0 Å². The summed E-state index contributed by atoms with van der Waals surface area (Å²) in [5.41, 5.74) is 0. The van der Waals surface area contributed by atoms with E-state index >= 15 is 0 Å². The van der Waals surface area contributed by atoms with E-state index < -0.39 is 11.9 Å². The topological polar surface area (TPSA) is 52.9 Å². The number of β-amino-alcohol motifs (C(OH)–C–C–N with tert-alkyl or cyclic N) is 1. The lowest BCUT2D eigenvalue weighted by molar-refractivity contribution is 0.135. The molecule has 0 amide bonds. The van der Waals surface area contributed by atoms with Gasteiger partial charge < -0.3 is 14.9 Å². The Balaban J connectivity index is 1.81. The molecule has 0 aliphatic carbocycles. The van der Waals surface area contributed by atoms with Crippen LogP contribution in [0.3, 0.4) is 0 Å². The smallest absolute Gasteiger partial charge is 0.145 e. The van der Waals surface area contributed by atoms with Gasteiger partial charge in [0.2, 0.25) is 0 Å². The number of rotatable bonds is 5. The number of aliphatic hydroxyl groups excluding tert-OH is 2. The highest BCUT2D eigenvalue weighted by molar-refractivity contribution is 6.30. The molecule has 0 unspecified atom stereocenters. The second-order valence-electron chi connectivity index (χ2n) is 4.65. The minimum absolute atomic E-state index is 0.0205. The number of aliphatic hydroxyl groups is 2. The van der Waals surface area contributed by atoms with Gasteiger partial charge in [-0.1, -0.05) is 11.6 Å². The van der Waals surface area contributed by atoms with Crippen LogP contribution in [0.1, 0.15) is 6.42 Å². The first kappa shape index (κ1) is 14.5. The van der Waals surface area contributed by atoms with Crippen molar-refractivity contribution < 1.29 is 19.3 Å². The molecule has 1 aliphatic heterocycles. The third-order valence-corrected chi connectivity index (χ3v) is 3.56. The summed E-state index contributed by atoms with van der Waals surface area (Å²) in [5, 5.41) is 18.8. The molecule has 1 aliphatic rings. The van der Waals surface area contributed by atoms with Crippen molar-refractivity contribution in [1.82, 2.24) is 4.90 Å². The van der Waals surface area contributed by atoms with Crippen LogP contribution in [0.25, 0.3) is 0 Å².